The normalized spacial score (nSPS) is 14.4. The van der Waals surface area contributed by atoms with Gasteiger partial charge in [0.1, 0.15) is 12.4 Å². The van der Waals surface area contributed by atoms with E-state index in [1.54, 1.807) is 24.2 Å². The van der Waals surface area contributed by atoms with Crippen LogP contribution in [0.25, 0.3) is 28.0 Å². The molecule has 3 N–H and O–H groups in total. The van der Waals surface area contributed by atoms with Gasteiger partial charge in [0.2, 0.25) is 5.91 Å². The highest BCUT2D eigenvalue weighted by molar-refractivity contribution is 6.02. The Hall–Kier alpha value is -4.11. The van der Waals surface area contributed by atoms with Crippen molar-refractivity contribution >= 4 is 23.2 Å². The second-order valence-electron chi connectivity index (χ2n) is 8.71. The topological polar surface area (TPSA) is 127 Å². The number of aromatic nitrogens is 4. The number of hydrogen-bond donors (Lipinski definition) is 2. The highest BCUT2D eigenvalue weighted by Gasteiger charge is 2.30. The van der Waals surface area contributed by atoms with Crippen LogP contribution in [0.4, 0.5) is 5.82 Å². The number of rotatable bonds is 5. The van der Waals surface area contributed by atoms with Gasteiger partial charge in [-0.1, -0.05) is 36.4 Å². The van der Waals surface area contributed by atoms with Crippen LogP contribution >= 0.6 is 0 Å². The van der Waals surface area contributed by atoms with Gasteiger partial charge in [-0.05, 0) is 18.9 Å². The maximum Gasteiger partial charge on any atom is 0.219 e. The first-order valence-electron chi connectivity index (χ1n) is 11.6. The number of ketones is 1. The summed E-state index contributed by atoms with van der Waals surface area (Å²) in [6, 6.07) is 13.8. The van der Waals surface area contributed by atoms with E-state index in [2.05, 4.69) is 10.1 Å². The molecule has 4 heterocycles. The summed E-state index contributed by atoms with van der Waals surface area (Å²) in [4.78, 5) is 35.7. The summed E-state index contributed by atoms with van der Waals surface area (Å²) < 4.78 is 1.44. The van der Waals surface area contributed by atoms with Crippen molar-refractivity contribution in [3.05, 3.63) is 66.1 Å². The molecule has 0 bridgehead atoms. The molecule has 35 heavy (non-hydrogen) atoms. The molecule has 9 heteroatoms. The van der Waals surface area contributed by atoms with Gasteiger partial charge in [-0.2, -0.15) is 9.61 Å². The molecule has 4 aromatic rings. The van der Waals surface area contributed by atoms with Crippen molar-refractivity contribution in [2.24, 2.45) is 0 Å². The molecule has 9 nitrogen and oxygen atoms in total. The molecular formula is C26H26N6O3. The average molecular weight is 471 g/mol. The quantitative estimate of drug-likeness (QED) is 0.429. The Labute approximate surface area is 202 Å². The molecule has 0 radical (unpaired) electrons. The zero-order valence-electron chi connectivity index (χ0n) is 19.4. The zero-order chi connectivity index (χ0) is 24.5. The Morgan fingerprint density at radius 2 is 1.80 bits per heavy atom. The number of nitrogens with two attached hydrogens (primary N) is 1. The van der Waals surface area contributed by atoms with Crippen molar-refractivity contribution in [1.29, 1.82) is 0 Å². The molecular weight excluding hydrogens is 444 g/mol. The Kier molecular flexibility index (Phi) is 6.00. The number of benzene rings is 1. The molecule has 5 rings (SSSR count). The lowest BCUT2D eigenvalue weighted by Crippen LogP contribution is -2.37. The van der Waals surface area contributed by atoms with Crippen LogP contribution in [-0.4, -0.2) is 61.0 Å². The minimum Gasteiger partial charge on any atom is -0.388 e. The van der Waals surface area contributed by atoms with E-state index in [1.165, 1.54) is 4.52 Å². The molecule has 0 unspecified atom stereocenters. The van der Waals surface area contributed by atoms with Gasteiger partial charge >= 0.3 is 0 Å². The molecule has 0 spiro atoms. The number of aliphatic hydroxyl groups excluding tert-OH is 1. The summed E-state index contributed by atoms with van der Waals surface area (Å²) in [5.74, 6) is -0.378. The standard InChI is InChI=1S/C26H26N6O3/c1-16(34)31-11-9-18(10-12-31)24-23(22(35)15-33)25(27)32-26(30-24)20(14-29-32)19-7-8-21(28-13-19)17-5-3-2-4-6-17/h2-8,13-14,18,33H,9-12,15,27H2,1H3. The van der Waals surface area contributed by atoms with E-state index in [9.17, 15) is 14.7 Å². The average Bonchev–Trinajstić information content (AvgIpc) is 3.33. The number of nitrogens with zero attached hydrogens (tertiary/aromatic N) is 5. The zero-order valence-corrected chi connectivity index (χ0v) is 19.4. The summed E-state index contributed by atoms with van der Waals surface area (Å²) in [5, 5.41) is 14.0. The number of piperidine rings is 1. The lowest BCUT2D eigenvalue weighted by atomic mass is 9.89. The van der Waals surface area contributed by atoms with Crippen LogP contribution in [0, 0.1) is 0 Å². The Morgan fingerprint density at radius 3 is 2.43 bits per heavy atom. The van der Waals surface area contributed by atoms with Crippen molar-refractivity contribution in [2.45, 2.75) is 25.7 Å². The van der Waals surface area contributed by atoms with Crippen molar-refractivity contribution in [3.63, 3.8) is 0 Å². The maximum atomic E-state index is 12.7. The molecule has 0 aliphatic carbocycles. The van der Waals surface area contributed by atoms with Gasteiger partial charge in [0.15, 0.2) is 11.4 Å². The lowest BCUT2D eigenvalue weighted by Gasteiger charge is -2.31. The van der Waals surface area contributed by atoms with E-state index < -0.39 is 12.4 Å². The molecule has 0 saturated carbocycles. The van der Waals surface area contributed by atoms with Crippen LogP contribution in [0.2, 0.25) is 0 Å². The second-order valence-corrected chi connectivity index (χ2v) is 8.71. The van der Waals surface area contributed by atoms with Crippen LogP contribution in [0.1, 0.15) is 41.7 Å². The van der Waals surface area contributed by atoms with E-state index in [-0.39, 0.29) is 23.2 Å². The summed E-state index contributed by atoms with van der Waals surface area (Å²) >= 11 is 0. The van der Waals surface area contributed by atoms with Gasteiger partial charge in [0.05, 0.1) is 23.1 Å². The van der Waals surface area contributed by atoms with Gasteiger partial charge in [-0.25, -0.2) is 4.98 Å². The number of pyridine rings is 1. The molecule has 178 valence electrons. The summed E-state index contributed by atoms with van der Waals surface area (Å²) in [6.45, 7) is 2.04. The number of anilines is 1. The molecule has 1 saturated heterocycles. The fourth-order valence-corrected chi connectivity index (χ4v) is 4.70. The third-order valence-electron chi connectivity index (χ3n) is 6.60. The monoisotopic (exact) mass is 470 g/mol. The number of carbonyl (C=O) groups is 2. The number of carbonyl (C=O) groups excluding carboxylic acids is 2. The van der Waals surface area contributed by atoms with E-state index in [4.69, 9.17) is 10.7 Å². The van der Waals surface area contributed by atoms with Crippen LogP contribution < -0.4 is 5.73 Å². The predicted molar refractivity (Wildman–Crippen MR) is 132 cm³/mol. The fourth-order valence-electron chi connectivity index (χ4n) is 4.70. The van der Waals surface area contributed by atoms with Crippen LogP contribution in [0.15, 0.2) is 54.9 Å². The van der Waals surface area contributed by atoms with Gasteiger partial charge in [-0.15, -0.1) is 0 Å². The van der Waals surface area contributed by atoms with Crippen LogP contribution in [0.3, 0.4) is 0 Å². The minimum atomic E-state index is -0.671. The third kappa shape index (κ3) is 4.15. The lowest BCUT2D eigenvalue weighted by molar-refractivity contribution is -0.129. The Morgan fingerprint density at radius 1 is 1.06 bits per heavy atom. The predicted octanol–water partition coefficient (Wildman–Crippen LogP) is 2.94. The highest BCUT2D eigenvalue weighted by atomic mass is 16.3. The van der Waals surface area contributed by atoms with Crippen LogP contribution in [0.5, 0.6) is 0 Å². The number of amides is 1. The minimum absolute atomic E-state index is 0.0301. The second kappa shape index (κ2) is 9.27. The van der Waals surface area contributed by atoms with E-state index >= 15 is 0 Å². The Balaban J connectivity index is 1.57. The molecule has 0 atom stereocenters. The fraction of sp³-hybridized carbons (Fsp3) is 0.269. The van der Waals surface area contributed by atoms with Crippen molar-refractivity contribution in [1.82, 2.24) is 24.5 Å². The number of fused-ring (bicyclic) bond motifs is 1. The maximum absolute atomic E-state index is 12.7. The number of hydrogen-bond acceptors (Lipinski definition) is 7. The van der Waals surface area contributed by atoms with Gasteiger partial charge in [0, 0.05) is 48.8 Å². The van der Waals surface area contributed by atoms with E-state index in [1.807, 2.05) is 42.5 Å². The van der Waals surface area contributed by atoms with Gasteiger partial charge in [0.25, 0.3) is 0 Å². The molecule has 1 aliphatic rings. The molecule has 1 aliphatic heterocycles. The van der Waals surface area contributed by atoms with Gasteiger partial charge in [-0.3, -0.25) is 14.6 Å². The highest BCUT2D eigenvalue weighted by Crippen LogP contribution is 2.35. The summed E-state index contributed by atoms with van der Waals surface area (Å²) in [7, 11) is 0. The number of aliphatic hydroxyl groups is 1. The molecule has 3 aromatic heterocycles. The van der Waals surface area contributed by atoms with Crippen LogP contribution in [-0.2, 0) is 4.79 Å². The number of Topliss-reactive ketones (excluding diaryl/α,β-unsaturated/α-hetero) is 1. The summed E-state index contributed by atoms with van der Waals surface area (Å²) in [5.41, 5.74) is 11.1. The molecule has 1 fully saturated rings. The smallest absolute Gasteiger partial charge is 0.219 e. The van der Waals surface area contributed by atoms with E-state index in [0.29, 0.717) is 37.3 Å². The first-order chi connectivity index (χ1) is 17.0. The number of nitrogen functional groups attached to an aromatic ring is 1. The summed E-state index contributed by atoms with van der Waals surface area (Å²) in [6.07, 6.45) is 4.75. The first-order valence-corrected chi connectivity index (χ1v) is 11.6. The number of likely N-dealkylation sites (tertiary alicyclic amines) is 1. The van der Waals surface area contributed by atoms with E-state index in [0.717, 1.165) is 22.4 Å². The first kappa shape index (κ1) is 22.7. The van der Waals surface area contributed by atoms with Crippen molar-refractivity contribution in [3.8, 4) is 22.4 Å². The molecule has 1 aromatic carbocycles. The largest absolute Gasteiger partial charge is 0.388 e. The van der Waals surface area contributed by atoms with Crippen molar-refractivity contribution < 1.29 is 14.7 Å². The van der Waals surface area contributed by atoms with Crippen molar-refractivity contribution in [2.75, 3.05) is 25.4 Å². The Bertz CT molecular complexity index is 1390. The van der Waals surface area contributed by atoms with Gasteiger partial charge < -0.3 is 15.7 Å². The SMILES string of the molecule is CC(=O)N1CCC(c2nc3c(-c4ccc(-c5ccccc5)nc4)cnn3c(N)c2C(=O)CO)CC1. The molecule has 1 amide bonds. The third-order valence-corrected chi connectivity index (χ3v) is 6.60.